The fourth-order valence-corrected chi connectivity index (χ4v) is 6.39. The number of hydrogen-bond donors (Lipinski definition) is 6. The molecule has 1 fully saturated rings. The lowest BCUT2D eigenvalue weighted by Gasteiger charge is -2.29. The Bertz CT molecular complexity index is 1250. The number of hydrogen-bond acceptors (Lipinski definition) is 12. The van der Waals surface area contributed by atoms with Gasteiger partial charge in [0.15, 0.2) is 17.7 Å². The van der Waals surface area contributed by atoms with E-state index in [1.165, 1.54) is 0 Å². The maximum atomic E-state index is 15.8. The number of aliphatic hydroxyl groups is 1. The van der Waals surface area contributed by atoms with Crippen LogP contribution in [0, 0.1) is 5.92 Å². The molecule has 0 radical (unpaired) electrons. The second-order valence-electron chi connectivity index (χ2n) is 7.14. The summed E-state index contributed by atoms with van der Waals surface area (Å²) < 4.78 is 67.8. The molecule has 0 spiro atoms. The second kappa shape index (κ2) is 8.78. The van der Waals surface area contributed by atoms with Crippen LogP contribution >= 0.6 is 23.5 Å². The molecule has 0 bridgehead atoms. The highest BCUT2D eigenvalue weighted by Crippen LogP contribution is 2.66. The van der Waals surface area contributed by atoms with Gasteiger partial charge in [-0.3, -0.25) is 9.09 Å². The van der Waals surface area contributed by atoms with Gasteiger partial charge in [-0.1, -0.05) is 6.08 Å². The lowest BCUT2D eigenvalue weighted by molar-refractivity contribution is -0.187. The molecule has 0 aromatic carbocycles. The van der Waals surface area contributed by atoms with Gasteiger partial charge in [0.05, 0.1) is 12.2 Å². The summed E-state index contributed by atoms with van der Waals surface area (Å²) in [5.74, 6) is -4.73. The number of aromatic nitrogens is 4. The lowest BCUT2D eigenvalue weighted by Crippen LogP contribution is -2.43. The highest BCUT2D eigenvalue weighted by molar-refractivity contribution is 7.66. The molecule has 21 heteroatoms. The smallest absolute Gasteiger partial charge is 0.385 e. The third-order valence-corrected chi connectivity index (χ3v) is 8.40. The lowest BCUT2D eigenvalue weighted by atomic mass is 9.85. The maximum Gasteiger partial charge on any atom is 0.490 e. The first-order chi connectivity index (χ1) is 15.4. The molecule has 1 aliphatic rings. The number of halogens is 1. The molecule has 2 aromatic rings. The van der Waals surface area contributed by atoms with E-state index in [0.717, 1.165) is 30.2 Å². The number of nitrogens with two attached hydrogens (primary N) is 1. The van der Waals surface area contributed by atoms with Gasteiger partial charge in [-0.25, -0.2) is 33.0 Å². The number of fused-ring (bicyclic) bond motifs is 1. The molecular weight excluding hydrogens is 530 g/mol. The third kappa shape index (κ3) is 5.44. The van der Waals surface area contributed by atoms with Crippen molar-refractivity contribution in [3.8, 4) is 0 Å². The van der Waals surface area contributed by atoms with Crippen molar-refractivity contribution in [1.29, 1.82) is 0 Å². The fourth-order valence-electron chi connectivity index (χ4n) is 3.36. The Kier molecular flexibility index (Phi) is 6.96. The summed E-state index contributed by atoms with van der Waals surface area (Å²) in [5.41, 5.74) is 3.78. The number of phosphoric ester groups is 1. The van der Waals surface area contributed by atoms with Crippen LogP contribution in [0.2, 0.25) is 0 Å². The van der Waals surface area contributed by atoms with E-state index in [0.29, 0.717) is 0 Å². The summed E-state index contributed by atoms with van der Waals surface area (Å²) in [7, 11) is -17.1. The number of nitrogens with zero attached hydrogens (tertiary/aromatic N) is 4. The number of alkyl halides is 1. The van der Waals surface area contributed by atoms with Crippen LogP contribution in [0.5, 0.6) is 0 Å². The standard InChI is InChI=1S/C13H19FN5O12P3/c1-3-7-12(2,20)11(19-6-18-8-9(15)16-5-17-10(8)19)29-13(7,14)4-28-33(24,25)31-34(26,27)30-32(21,22)23/h3,5-7,11,20H,1,4H2,2H3,(H,24,25)(H,26,27)(H2,15,16,17)(H2,21,22,23)/t7-,11+,12+,13+/m0/s1. The molecule has 0 saturated carbocycles. The normalized spacial score (nSPS) is 31.3. The summed E-state index contributed by atoms with van der Waals surface area (Å²) in [4.78, 5) is 47.6. The average molecular weight is 549 g/mol. The van der Waals surface area contributed by atoms with Gasteiger partial charge in [-0.2, -0.15) is 8.62 Å². The monoisotopic (exact) mass is 549 g/mol. The predicted molar refractivity (Wildman–Crippen MR) is 108 cm³/mol. The van der Waals surface area contributed by atoms with Gasteiger partial charge in [0.2, 0.25) is 5.85 Å². The van der Waals surface area contributed by atoms with Crippen LogP contribution in [0.3, 0.4) is 0 Å². The molecule has 3 heterocycles. The van der Waals surface area contributed by atoms with E-state index in [1.807, 2.05) is 0 Å². The van der Waals surface area contributed by atoms with Gasteiger partial charge in [-0.15, -0.1) is 6.58 Å². The zero-order chi connectivity index (χ0) is 25.7. The summed E-state index contributed by atoms with van der Waals surface area (Å²) in [6, 6.07) is 0. The molecule has 190 valence electrons. The number of imidazole rings is 1. The molecular formula is C13H19FN5O12P3. The minimum Gasteiger partial charge on any atom is -0.385 e. The topological polar surface area (TPSA) is 259 Å². The van der Waals surface area contributed by atoms with Gasteiger partial charge in [0.1, 0.15) is 24.1 Å². The molecule has 2 unspecified atom stereocenters. The number of rotatable bonds is 9. The number of phosphoric acid groups is 3. The van der Waals surface area contributed by atoms with Crippen molar-refractivity contribution in [3.63, 3.8) is 0 Å². The summed E-state index contributed by atoms with van der Waals surface area (Å²) in [5, 5.41) is 11.0. The minimum atomic E-state index is -5.82. The fraction of sp³-hybridized carbons (Fsp3) is 0.462. The first kappa shape index (κ1) is 26.9. The van der Waals surface area contributed by atoms with Crippen molar-refractivity contribution >= 4 is 40.4 Å². The minimum absolute atomic E-state index is 0.0131. The Morgan fingerprint density at radius 3 is 2.47 bits per heavy atom. The Morgan fingerprint density at radius 2 is 1.88 bits per heavy atom. The number of anilines is 1. The summed E-state index contributed by atoms with van der Waals surface area (Å²) >= 11 is 0. The maximum absolute atomic E-state index is 15.8. The van der Waals surface area contributed by atoms with Crippen LogP contribution in [0.1, 0.15) is 13.2 Å². The van der Waals surface area contributed by atoms with Crippen molar-refractivity contribution in [2.24, 2.45) is 5.92 Å². The highest BCUT2D eigenvalue weighted by atomic mass is 31.3. The zero-order valence-electron chi connectivity index (χ0n) is 17.0. The van der Waals surface area contributed by atoms with Crippen LogP contribution in [0.25, 0.3) is 11.2 Å². The predicted octanol–water partition coefficient (Wildman–Crippen LogP) is 0.500. The summed E-state index contributed by atoms with van der Waals surface area (Å²) in [6.45, 7) is 3.09. The Morgan fingerprint density at radius 1 is 1.24 bits per heavy atom. The highest BCUT2D eigenvalue weighted by Gasteiger charge is 2.63. The van der Waals surface area contributed by atoms with Crippen LogP contribution in [0.15, 0.2) is 25.3 Å². The first-order valence-electron chi connectivity index (χ1n) is 8.84. The van der Waals surface area contributed by atoms with E-state index < -0.39 is 53.7 Å². The molecule has 6 atom stereocenters. The molecule has 0 amide bonds. The average Bonchev–Trinajstić information content (AvgIpc) is 3.15. The molecule has 0 aliphatic carbocycles. The second-order valence-corrected chi connectivity index (χ2v) is 11.6. The van der Waals surface area contributed by atoms with Gasteiger partial charge in [0, 0.05) is 0 Å². The molecule has 17 nitrogen and oxygen atoms in total. The molecule has 1 aliphatic heterocycles. The van der Waals surface area contributed by atoms with Gasteiger partial charge in [0.25, 0.3) is 0 Å². The molecule has 7 N–H and O–H groups in total. The Labute approximate surface area is 189 Å². The number of ether oxygens (including phenoxy) is 1. The van der Waals surface area contributed by atoms with E-state index >= 15 is 4.39 Å². The van der Waals surface area contributed by atoms with Crippen LogP contribution in [-0.2, 0) is 31.6 Å². The molecule has 1 saturated heterocycles. The van der Waals surface area contributed by atoms with Crippen molar-refractivity contribution in [2.75, 3.05) is 12.3 Å². The van der Waals surface area contributed by atoms with Gasteiger partial charge >= 0.3 is 23.5 Å². The molecule has 3 rings (SSSR count). The first-order valence-corrected chi connectivity index (χ1v) is 13.4. The van der Waals surface area contributed by atoms with Crippen molar-refractivity contribution in [3.05, 3.63) is 25.3 Å². The third-order valence-electron chi connectivity index (χ3n) is 4.62. The number of nitrogen functional groups attached to an aromatic ring is 1. The summed E-state index contributed by atoms with van der Waals surface area (Å²) in [6.07, 6.45) is 1.58. The van der Waals surface area contributed by atoms with Crippen molar-refractivity contribution in [2.45, 2.75) is 24.6 Å². The zero-order valence-corrected chi connectivity index (χ0v) is 19.7. The SMILES string of the molecule is C=C[C@H]1[C@@](C)(O)[C@H](n2cnc3c(N)ncnc32)O[C@]1(F)COP(=O)(O)OP(=O)(O)OP(=O)(O)O. The molecule has 34 heavy (non-hydrogen) atoms. The largest absolute Gasteiger partial charge is 0.490 e. The van der Waals surface area contributed by atoms with E-state index in [-0.39, 0.29) is 17.0 Å². The van der Waals surface area contributed by atoms with Crippen molar-refractivity contribution in [1.82, 2.24) is 19.5 Å². The van der Waals surface area contributed by atoms with Crippen LogP contribution in [0.4, 0.5) is 10.2 Å². The van der Waals surface area contributed by atoms with Crippen LogP contribution in [-0.4, -0.2) is 62.3 Å². The van der Waals surface area contributed by atoms with E-state index in [9.17, 15) is 28.6 Å². The van der Waals surface area contributed by atoms with E-state index in [2.05, 4.69) is 34.7 Å². The van der Waals surface area contributed by atoms with Gasteiger partial charge < -0.3 is 35.2 Å². The van der Waals surface area contributed by atoms with Crippen LogP contribution < -0.4 is 5.73 Å². The Hall–Kier alpha value is -1.65. The quantitative estimate of drug-likeness (QED) is 0.184. The van der Waals surface area contributed by atoms with E-state index in [1.54, 1.807) is 0 Å². The molecule has 2 aromatic heterocycles. The van der Waals surface area contributed by atoms with Crippen molar-refractivity contribution < 1.29 is 60.6 Å². The van der Waals surface area contributed by atoms with Gasteiger partial charge in [-0.05, 0) is 6.92 Å². The van der Waals surface area contributed by atoms with E-state index in [4.69, 9.17) is 20.3 Å². The Balaban J connectivity index is 1.86.